The van der Waals surface area contributed by atoms with Crippen LogP contribution in [0, 0.1) is 20.8 Å². The molecular formula is C20H22O2. The highest BCUT2D eigenvalue weighted by Gasteiger charge is 2.14. The molecule has 2 heteroatoms. The average molecular weight is 294 g/mol. The van der Waals surface area contributed by atoms with Crippen LogP contribution in [0.15, 0.2) is 30.3 Å². The molecule has 0 atom stereocenters. The fourth-order valence-corrected chi connectivity index (χ4v) is 2.77. The molecule has 0 fully saturated rings. The van der Waals surface area contributed by atoms with Crippen molar-refractivity contribution in [3.63, 3.8) is 0 Å². The normalized spacial score (nSPS) is 10.6. The van der Waals surface area contributed by atoms with E-state index in [-0.39, 0.29) is 11.6 Å². The molecule has 0 heterocycles. The fourth-order valence-electron chi connectivity index (χ4n) is 2.77. The number of Topliss-reactive ketones (excluding diaryl/α,β-unsaturated/α-hetero) is 2. The van der Waals surface area contributed by atoms with Crippen molar-refractivity contribution >= 4 is 11.6 Å². The van der Waals surface area contributed by atoms with Crippen LogP contribution in [0.3, 0.4) is 0 Å². The maximum atomic E-state index is 11.9. The Bertz CT molecular complexity index is 755. The topological polar surface area (TPSA) is 34.1 Å². The van der Waals surface area contributed by atoms with Crippen LogP contribution in [0.4, 0.5) is 0 Å². The monoisotopic (exact) mass is 294 g/mol. The van der Waals surface area contributed by atoms with Crippen LogP contribution in [0.5, 0.6) is 0 Å². The van der Waals surface area contributed by atoms with Gasteiger partial charge in [-0.1, -0.05) is 29.8 Å². The lowest BCUT2D eigenvalue weighted by Crippen LogP contribution is -2.06. The van der Waals surface area contributed by atoms with Crippen LogP contribution >= 0.6 is 0 Å². The van der Waals surface area contributed by atoms with Crippen molar-refractivity contribution < 1.29 is 9.59 Å². The molecule has 0 unspecified atom stereocenters. The maximum Gasteiger partial charge on any atom is 0.160 e. The second kappa shape index (κ2) is 6.27. The van der Waals surface area contributed by atoms with Crippen molar-refractivity contribution in [1.82, 2.24) is 0 Å². The number of benzene rings is 2. The standard InChI is InChI=1S/C20H22O2/c1-12-6-7-19(15(4)21)17(8-12)11-18-9-13(2)14(3)10-20(18)16(5)22/h6-10H,11H2,1-5H3. The van der Waals surface area contributed by atoms with Gasteiger partial charge < -0.3 is 0 Å². The maximum absolute atomic E-state index is 11.9. The number of rotatable bonds is 4. The van der Waals surface area contributed by atoms with E-state index in [2.05, 4.69) is 6.07 Å². The quantitative estimate of drug-likeness (QED) is 0.772. The highest BCUT2D eigenvalue weighted by Crippen LogP contribution is 2.23. The van der Waals surface area contributed by atoms with Gasteiger partial charge in [0.2, 0.25) is 0 Å². The molecule has 2 aromatic carbocycles. The van der Waals surface area contributed by atoms with Gasteiger partial charge in [-0.15, -0.1) is 0 Å². The largest absolute Gasteiger partial charge is 0.295 e. The van der Waals surface area contributed by atoms with Crippen molar-refractivity contribution in [2.75, 3.05) is 0 Å². The lowest BCUT2D eigenvalue weighted by atomic mass is 9.90. The lowest BCUT2D eigenvalue weighted by Gasteiger charge is -2.13. The Hall–Kier alpha value is -2.22. The Morgan fingerprint density at radius 2 is 1.32 bits per heavy atom. The second-order valence-electron chi connectivity index (χ2n) is 6.04. The highest BCUT2D eigenvalue weighted by atomic mass is 16.1. The third-order valence-corrected chi connectivity index (χ3v) is 4.12. The van der Waals surface area contributed by atoms with Gasteiger partial charge in [-0.2, -0.15) is 0 Å². The smallest absolute Gasteiger partial charge is 0.160 e. The molecule has 2 aromatic rings. The summed E-state index contributed by atoms with van der Waals surface area (Å²) in [6.45, 7) is 9.25. The summed E-state index contributed by atoms with van der Waals surface area (Å²) >= 11 is 0. The summed E-state index contributed by atoms with van der Waals surface area (Å²) in [5.41, 5.74) is 6.86. The zero-order valence-corrected chi connectivity index (χ0v) is 13.9. The van der Waals surface area contributed by atoms with E-state index in [9.17, 15) is 9.59 Å². The molecule has 0 bridgehead atoms. The minimum absolute atomic E-state index is 0.0585. The molecule has 0 spiro atoms. The predicted molar refractivity (Wildman–Crippen MR) is 89.9 cm³/mol. The molecule has 0 aliphatic carbocycles. The van der Waals surface area contributed by atoms with E-state index in [1.165, 1.54) is 0 Å². The molecule has 2 nitrogen and oxygen atoms in total. The van der Waals surface area contributed by atoms with Gasteiger partial charge in [0.15, 0.2) is 11.6 Å². The number of hydrogen-bond donors (Lipinski definition) is 0. The third kappa shape index (κ3) is 3.33. The Kier molecular flexibility index (Phi) is 4.60. The first-order chi connectivity index (χ1) is 10.3. The van der Waals surface area contributed by atoms with Gasteiger partial charge in [-0.25, -0.2) is 0 Å². The minimum atomic E-state index is 0.0585. The highest BCUT2D eigenvalue weighted by molar-refractivity contribution is 5.97. The van der Waals surface area contributed by atoms with Crippen LogP contribution in [0.2, 0.25) is 0 Å². The summed E-state index contributed by atoms with van der Waals surface area (Å²) in [5.74, 6) is 0.123. The van der Waals surface area contributed by atoms with E-state index < -0.39 is 0 Å². The molecule has 0 saturated carbocycles. The molecule has 0 N–H and O–H groups in total. The van der Waals surface area contributed by atoms with E-state index in [1.807, 2.05) is 45.0 Å². The fraction of sp³-hybridized carbons (Fsp3) is 0.300. The van der Waals surface area contributed by atoms with Gasteiger partial charge >= 0.3 is 0 Å². The minimum Gasteiger partial charge on any atom is -0.295 e. The Morgan fingerprint density at radius 1 is 0.773 bits per heavy atom. The summed E-state index contributed by atoms with van der Waals surface area (Å²) in [5, 5.41) is 0. The number of carbonyl (C=O) groups is 2. The molecule has 0 amide bonds. The Balaban J connectivity index is 2.56. The molecule has 0 saturated heterocycles. The van der Waals surface area contributed by atoms with Gasteiger partial charge in [-0.05, 0) is 69.4 Å². The first kappa shape index (κ1) is 16.2. The SMILES string of the molecule is CC(=O)c1ccc(C)cc1Cc1cc(C)c(C)cc1C(C)=O. The Morgan fingerprint density at radius 3 is 1.91 bits per heavy atom. The molecule has 2 rings (SSSR count). The van der Waals surface area contributed by atoms with E-state index in [0.29, 0.717) is 6.42 Å². The summed E-state index contributed by atoms with van der Waals surface area (Å²) in [6.07, 6.45) is 0.604. The summed E-state index contributed by atoms with van der Waals surface area (Å²) < 4.78 is 0. The van der Waals surface area contributed by atoms with Gasteiger partial charge in [0.25, 0.3) is 0 Å². The number of aryl methyl sites for hydroxylation is 3. The number of ketones is 2. The molecular weight excluding hydrogens is 272 g/mol. The molecule has 114 valence electrons. The molecule has 0 aliphatic heterocycles. The van der Waals surface area contributed by atoms with Gasteiger partial charge in [0, 0.05) is 11.1 Å². The van der Waals surface area contributed by atoms with E-state index in [1.54, 1.807) is 13.8 Å². The van der Waals surface area contributed by atoms with Crippen LogP contribution < -0.4 is 0 Å². The van der Waals surface area contributed by atoms with E-state index in [0.717, 1.165) is 38.9 Å². The van der Waals surface area contributed by atoms with Crippen molar-refractivity contribution in [3.8, 4) is 0 Å². The van der Waals surface area contributed by atoms with Crippen molar-refractivity contribution in [3.05, 3.63) is 69.3 Å². The van der Waals surface area contributed by atoms with Crippen molar-refractivity contribution in [2.45, 2.75) is 41.0 Å². The first-order valence-electron chi connectivity index (χ1n) is 7.51. The Labute approximate surface area is 132 Å². The lowest BCUT2D eigenvalue weighted by molar-refractivity contribution is 0.100. The summed E-state index contributed by atoms with van der Waals surface area (Å²) in [4.78, 5) is 23.8. The zero-order chi connectivity index (χ0) is 16.4. The zero-order valence-electron chi connectivity index (χ0n) is 13.9. The summed E-state index contributed by atoms with van der Waals surface area (Å²) in [7, 11) is 0. The van der Waals surface area contributed by atoms with Gasteiger partial charge in [0.05, 0.1) is 0 Å². The molecule has 0 aliphatic rings. The third-order valence-electron chi connectivity index (χ3n) is 4.12. The van der Waals surface area contributed by atoms with Crippen LogP contribution in [-0.2, 0) is 6.42 Å². The number of carbonyl (C=O) groups excluding carboxylic acids is 2. The summed E-state index contributed by atoms with van der Waals surface area (Å²) in [6, 6.07) is 9.89. The van der Waals surface area contributed by atoms with Gasteiger partial charge in [-0.3, -0.25) is 9.59 Å². The van der Waals surface area contributed by atoms with E-state index in [4.69, 9.17) is 0 Å². The molecule has 0 radical (unpaired) electrons. The molecule has 22 heavy (non-hydrogen) atoms. The average Bonchev–Trinajstić information content (AvgIpc) is 2.42. The van der Waals surface area contributed by atoms with Crippen LogP contribution in [0.25, 0.3) is 0 Å². The molecule has 0 aromatic heterocycles. The second-order valence-corrected chi connectivity index (χ2v) is 6.04. The van der Waals surface area contributed by atoms with Crippen molar-refractivity contribution in [2.24, 2.45) is 0 Å². The predicted octanol–water partition coefficient (Wildman–Crippen LogP) is 4.61. The van der Waals surface area contributed by atoms with Gasteiger partial charge in [0.1, 0.15) is 0 Å². The van der Waals surface area contributed by atoms with E-state index >= 15 is 0 Å². The number of hydrogen-bond acceptors (Lipinski definition) is 2. The van der Waals surface area contributed by atoms with Crippen molar-refractivity contribution in [1.29, 1.82) is 0 Å². The van der Waals surface area contributed by atoms with Crippen LogP contribution in [0.1, 0.15) is 62.4 Å². The first-order valence-corrected chi connectivity index (χ1v) is 7.51. The van der Waals surface area contributed by atoms with Crippen LogP contribution in [-0.4, -0.2) is 11.6 Å².